The highest BCUT2D eigenvalue weighted by molar-refractivity contribution is 7.09. The fourth-order valence-electron chi connectivity index (χ4n) is 4.51. The molecule has 1 aromatic carbocycles. The molecule has 9 heteroatoms. The van der Waals surface area contributed by atoms with E-state index in [2.05, 4.69) is 20.9 Å². The topological polar surface area (TPSA) is 93.8 Å². The van der Waals surface area contributed by atoms with E-state index in [0.717, 1.165) is 10.6 Å². The molecule has 2 aliphatic rings. The van der Waals surface area contributed by atoms with E-state index in [1.807, 2.05) is 60.8 Å². The number of benzene rings is 1. The molecule has 0 aliphatic carbocycles. The van der Waals surface area contributed by atoms with Gasteiger partial charge in [-0.2, -0.15) is 0 Å². The second kappa shape index (κ2) is 10.4. The average molecular weight is 470 g/mol. The van der Waals surface area contributed by atoms with Gasteiger partial charge >= 0.3 is 0 Å². The maximum atomic E-state index is 12.7. The van der Waals surface area contributed by atoms with Gasteiger partial charge < -0.3 is 20.9 Å². The van der Waals surface area contributed by atoms with Crippen molar-refractivity contribution < 1.29 is 14.4 Å². The van der Waals surface area contributed by atoms with Crippen molar-refractivity contribution in [3.8, 4) is 0 Å². The number of hydrogen-bond acceptors (Lipinski definition) is 6. The number of fused-ring (bicyclic) bond motifs is 1. The number of rotatable bonds is 8. The molecule has 3 unspecified atom stereocenters. The first-order chi connectivity index (χ1) is 15.9. The molecule has 33 heavy (non-hydrogen) atoms. The van der Waals surface area contributed by atoms with Crippen molar-refractivity contribution in [2.75, 3.05) is 32.1 Å². The summed E-state index contributed by atoms with van der Waals surface area (Å²) in [4.78, 5) is 42.8. The summed E-state index contributed by atoms with van der Waals surface area (Å²) >= 11 is 1.62. The van der Waals surface area contributed by atoms with Crippen LogP contribution in [0.4, 0.5) is 5.69 Å². The van der Waals surface area contributed by atoms with Crippen LogP contribution in [0.25, 0.3) is 0 Å². The molecule has 2 fully saturated rings. The maximum absolute atomic E-state index is 12.7. The van der Waals surface area contributed by atoms with E-state index < -0.39 is 0 Å². The van der Waals surface area contributed by atoms with Crippen LogP contribution in [0.1, 0.15) is 34.5 Å². The minimum atomic E-state index is -0.264. The Hall–Kier alpha value is -2.91. The minimum Gasteiger partial charge on any atom is -0.378 e. The van der Waals surface area contributed by atoms with E-state index in [4.69, 9.17) is 0 Å². The molecule has 3 heterocycles. The molecule has 0 saturated carbocycles. The lowest BCUT2D eigenvalue weighted by Gasteiger charge is -2.37. The molecular weight excluding hydrogens is 438 g/mol. The van der Waals surface area contributed by atoms with Crippen LogP contribution in [0, 0.1) is 0 Å². The van der Waals surface area contributed by atoms with Gasteiger partial charge in [-0.1, -0.05) is 6.07 Å². The van der Waals surface area contributed by atoms with Gasteiger partial charge in [-0.25, -0.2) is 0 Å². The number of amides is 3. The highest BCUT2D eigenvalue weighted by atomic mass is 32.1. The Morgan fingerprint density at radius 2 is 2.00 bits per heavy atom. The van der Waals surface area contributed by atoms with E-state index in [0.29, 0.717) is 44.5 Å². The summed E-state index contributed by atoms with van der Waals surface area (Å²) in [5, 5.41) is 11.0. The van der Waals surface area contributed by atoms with Gasteiger partial charge in [-0.15, -0.1) is 11.3 Å². The molecular formula is C24H31N5O3S. The Labute approximate surface area is 198 Å². The van der Waals surface area contributed by atoms with Gasteiger partial charge in [0.05, 0.1) is 12.6 Å². The first kappa shape index (κ1) is 23.3. The van der Waals surface area contributed by atoms with Crippen molar-refractivity contribution in [1.29, 1.82) is 0 Å². The Balaban J connectivity index is 1.29. The van der Waals surface area contributed by atoms with Gasteiger partial charge in [-0.05, 0) is 48.6 Å². The van der Waals surface area contributed by atoms with Gasteiger partial charge in [0.25, 0.3) is 5.91 Å². The SMILES string of the molecule is CN(C)c1ccc(C(=O)NC2CC3C(=O)NCC(CCC(=O)NCc4cccs4)N3C2)cc1. The van der Waals surface area contributed by atoms with Gasteiger partial charge in [-0.3, -0.25) is 19.3 Å². The molecule has 2 aliphatic heterocycles. The first-order valence-corrected chi connectivity index (χ1v) is 12.2. The molecule has 3 atom stereocenters. The average Bonchev–Trinajstić information content (AvgIpc) is 3.48. The van der Waals surface area contributed by atoms with Crippen LogP contribution in [-0.2, 0) is 16.1 Å². The zero-order valence-corrected chi connectivity index (χ0v) is 19.9. The van der Waals surface area contributed by atoms with Crippen LogP contribution in [0.3, 0.4) is 0 Å². The Morgan fingerprint density at radius 3 is 2.70 bits per heavy atom. The second-order valence-corrected chi connectivity index (χ2v) is 9.89. The smallest absolute Gasteiger partial charge is 0.251 e. The molecule has 3 amide bonds. The van der Waals surface area contributed by atoms with Gasteiger partial charge in [0, 0.05) is 61.8 Å². The standard InChI is InChI=1S/C24H31N5O3S/c1-28(2)18-7-5-16(6-8-18)23(31)27-17-12-21-24(32)26-13-19(29(21)15-17)9-10-22(30)25-14-20-4-3-11-33-20/h3-8,11,17,19,21H,9-10,12-15H2,1-2H3,(H,25,30)(H,26,32)(H,27,31). The monoisotopic (exact) mass is 469 g/mol. The van der Waals surface area contributed by atoms with Crippen molar-refractivity contribution in [3.63, 3.8) is 0 Å². The normalized spacial score (nSPS) is 22.4. The third-order valence-electron chi connectivity index (χ3n) is 6.35. The summed E-state index contributed by atoms with van der Waals surface area (Å²) in [6, 6.07) is 11.2. The van der Waals surface area contributed by atoms with Crippen molar-refractivity contribution in [1.82, 2.24) is 20.9 Å². The number of nitrogens with zero attached hydrogens (tertiary/aromatic N) is 2. The van der Waals surface area contributed by atoms with Crippen molar-refractivity contribution in [2.24, 2.45) is 0 Å². The molecule has 2 aromatic rings. The number of carbonyl (C=O) groups excluding carboxylic acids is 3. The van der Waals surface area contributed by atoms with Gasteiger partial charge in [0.15, 0.2) is 0 Å². The Kier molecular flexibility index (Phi) is 7.29. The van der Waals surface area contributed by atoms with Crippen LogP contribution in [0.2, 0.25) is 0 Å². The lowest BCUT2D eigenvalue weighted by molar-refractivity contribution is -0.129. The highest BCUT2D eigenvalue weighted by Gasteiger charge is 2.43. The van der Waals surface area contributed by atoms with E-state index in [-0.39, 0.29) is 35.8 Å². The number of thiophene rings is 1. The molecule has 0 bridgehead atoms. The number of anilines is 1. The van der Waals surface area contributed by atoms with Crippen LogP contribution in [-0.4, -0.2) is 67.9 Å². The van der Waals surface area contributed by atoms with E-state index >= 15 is 0 Å². The summed E-state index contributed by atoms with van der Waals surface area (Å²) in [7, 11) is 3.91. The Bertz CT molecular complexity index is 976. The third-order valence-corrected chi connectivity index (χ3v) is 7.22. The Morgan fingerprint density at radius 1 is 1.21 bits per heavy atom. The number of nitrogens with one attached hydrogen (secondary N) is 3. The lowest BCUT2D eigenvalue weighted by atomic mass is 10.0. The summed E-state index contributed by atoms with van der Waals surface area (Å²) in [6.07, 6.45) is 1.65. The summed E-state index contributed by atoms with van der Waals surface area (Å²) in [5.41, 5.74) is 1.64. The number of hydrogen-bond donors (Lipinski definition) is 3. The molecule has 0 spiro atoms. The van der Waals surface area contributed by atoms with Crippen LogP contribution in [0.15, 0.2) is 41.8 Å². The summed E-state index contributed by atoms with van der Waals surface area (Å²) in [5.74, 6) is -0.113. The predicted molar refractivity (Wildman–Crippen MR) is 129 cm³/mol. The molecule has 176 valence electrons. The lowest BCUT2D eigenvalue weighted by Crippen LogP contribution is -2.58. The van der Waals surface area contributed by atoms with Crippen molar-refractivity contribution in [2.45, 2.75) is 43.9 Å². The van der Waals surface area contributed by atoms with Gasteiger partial charge in [0.2, 0.25) is 11.8 Å². The van der Waals surface area contributed by atoms with Crippen LogP contribution in [0.5, 0.6) is 0 Å². The van der Waals surface area contributed by atoms with Crippen LogP contribution < -0.4 is 20.9 Å². The maximum Gasteiger partial charge on any atom is 0.251 e. The molecule has 0 radical (unpaired) electrons. The molecule has 8 nitrogen and oxygen atoms in total. The van der Waals surface area contributed by atoms with E-state index in [1.54, 1.807) is 11.3 Å². The fraction of sp³-hybridized carbons (Fsp3) is 0.458. The molecule has 2 saturated heterocycles. The fourth-order valence-corrected chi connectivity index (χ4v) is 5.16. The first-order valence-electron chi connectivity index (χ1n) is 11.3. The second-order valence-electron chi connectivity index (χ2n) is 8.85. The number of piperazine rings is 1. The third kappa shape index (κ3) is 5.72. The predicted octanol–water partition coefficient (Wildman–Crippen LogP) is 1.58. The van der Waals surface area contributed by atoms with E-state index in [1.165, 1.54) is 0 Å². The summed E-state index contributed by atoms with van der Waals surface area (Å²) in [6.45, 7) is 1.69. The highest BCUT2D eigenvalue weighted by Crippen LogP contribution is 2.26. The van der Waals surface area contributed by atoms with E-state index in [9.17, 15) is 14.4 Å². The zero-order chi connectivity index (χ0) is 23.4. The largest absolute Gasteiger partial charge is 0.378 e. The molecule has 3 N–H and O–H groups in total. The van der Waals surface area contributed by atoms with Crippen LogP contribution >= 0.6 is 11.3 Å². The zero-order valence-electron chi connectivity index (χ0n) is 19.0. The molecule has 1 aromatic heterocycles. The quantitative estimate of drug-likeness (QED) is 0.546. The summed E-state index contributed by atoms with van der Waals surface area (Å²) < 4.78 is 0. The van der Waals surface area contributed by atoms with Gasteiger partial charge in [0.1, 0.15) is 0 Å². The van der Waals surface area contributed by atoms with Crippen molar-refractivity contribution >= 4 is 34.7 Å². The van der Waals surface area contributed by atoms with Crippen molar-refractivity contribution in [3.05, 3.63) is 52.2 Å². The number of carbonyl (C=O) groups is 3. The minimum absolute atomic E-state index is 0.000446. The molecule has 4 rings (SSSR count).